The van der Waals surface area contributed by atoms with E-state index in [0.29, 0.717) is 5.92 Å². The number of hydrogen-bond acceptors (Lipinski definition) is 2. The normalized spacial score (nSPS) is 21.1. The predicted molar refractivity (Wildman–Crippen MR) is 97.3 cm³/mol. The number of H-pyrrole nitrogens is 2. The third-order valence-corrected chi connectivity index (χ3v) is 5.17. The number of aryl methyl sites for hydroxylation is 1. The topological polar surface area (TPSA) is 53.2 Å². The summed E-state index contributed by atoms with van der Waals surface area (Å²) in [5.74, 6) is 1.46. The van der Waals surface area contributed by atoms with Crippen molar-refractivity contribution in [2.45, 2.75) is 39.0 Å². The maximum Gasteiger partial charge on any atom is 0.146 e. The lowest BCUT2D eigenvalue weighted by Crippen LogP contribution is -1.94. The van der Waals surface area contributed by atoms with E-state index in [9.17, 15) is 0 Å². The van der Waals surface area contributed by atoms with Gasteiger partial charge in [-0.15, -0.1) is 0 Å². The molecule has 2 N–H and O–H groups in total. The van der Waals surface area contributed by atoms with Gasteiger partial charge in [-0.3, -0.25) is 0 Å². The second-order valence-electron chi connectivity index (χ2n) is 6.52. The number of fused-ring (bicyclic) bond motifs is 1. The lowest BCUT2D eigenvalue weighted by Gasteiger charge is -2.08. The van der Waals surface area contributed by atoms with E-state index in [1.165, 1.54) is 41.8 Å². The standard InChI is InChI=1S/C20H23N3O/c1-4-13-7-8-14-12(2)22-18(20(13)14)10-17-19(24-3)11-16(23-17)15-6-5-9-21-15/h5-6,9-11,13,21-22H,4,7-8H2,1-3H3. The van der Waals surface area contributed by atoms with Crippen LogP contribution in [0.2, 0.25) is 0 Å². The molecule has 4 rings (SSSR count). The lowest BCUT2D eigenvalue weighted by atomic mass is 9.98. The van der Waals surface area contributed by atoms with Crippen LogP contribution in [0, 0.1) is 6.92 Å². The molecule has 0 radical (unpaired) electrons. The first-order valence-corrected chi connectivity index (χ1v) is 8.62. The number of aromatic nitrogens is 2. The highest BCUT2D eigenvalue weighted by molar-refractivity contribution is 6.11. The Morgan fingerprint density at radius 1 is 1.42 bits per heavy atom. The minimum Gasteiger partial charge on any atom is -0.494 e. The van der Waals surface area contributed by atoms with E-state index >= 15 is 0 Å². The average Bonchev–Trinajstić information content (AvgIpc) is 3.33. The van der Waals surface area contributed by atoms with Gasteiger partial charge in [0.05, 0.1) is 18.5 Å². The fourth-order valence-corrected chi connectivity index (χ4v) is 3.93. The third-order valence-electron chi connectivity index (χ3n) is 5.17. The number of nitrogens with zero attached hydrogens (tertiary/aromatic N) is 1. The molecule has 1 aliphatic carbocycles. The van der Waals surface area contributed by atoms with Gasteiger partial charge in [-0.2, -0.15) is 0 Å². The molecule has 0 bridgehead atoms. The van der Waals surface area contributed by atoms with E-state index in [1.54, 1.807) is 7.11 Å². The van der Waals surface area contributed by atoms with E-state index in [4.69, 9.17) is 9.73 Å². The van der Waals surface area contributed by atoms with Crippen molar-refractivity contribution in [1.82, 2.24) is 9.97 Å². The van der Waals surface area contributed by atoms with Gasteiger partial charge in [-0.25, -0.2) is 4.99 Å². The monoisotopic (exact) mass is 321 g/mol. The molecule has 4 nitrogen and oxygen atoms in total. The zero-order valence-corrected chi connectivity index (χ0v) is 14.4. The Hall–Kier alpha value is -2.49. The van der Waals surface area contributed by atoms with Crippen LogP contribution in [-0.4, -0.2) is 22.8 Å². The van der Waals surface area contributed by atoms with Crippen LogP contribution >= 0.6 is 0 Å². The fourth-order valence-electron chi connectivity index (χ4n) is 3.93. The SMILES string of the molecule is CCC1CCc2c(C)[nH]c(C=C3N=C(c4ccc[nH]4)C=C3OC)c21. The number of hydrogen-bond donors (Lipinski definition) is 2. The Balaban J connectivity index is 1.77. The molecule has 0 spiro atoms. The van der Waals surface area contributed by atoms with Gasteiger partial charge in [0.25, 0.3) is 0 Å². The van der Waals surface area contributed by atoms with Gasteiger partial charge in [-0.1, -0.05) is 6.92 Å². The smallest absolute Gasteiger partial charge is 0.146 e. The van der Waals surface area contributed by atoms with E-state index in [-0.39, 0.29) is 0 Å². The van der Waals surface area contributed by atoms with Crippen molar-refractivity contribution in [2.24, 2.45) is 4.99 Å². The molecule has 0 saturated heterocycles. The number of methoxy groups -OCH3 is 1. The highest BCUT2D eigenvalue weighted by atomic mass is 16.5. The molecule has 124 valence electrons. The molecule has 0 fully saturated rings. The average molecular weight is 321 g/mol. The van der Waals surface area contributed by atoms with Crippen LogP contribution in [0.1, 0.15) is 53.9 Å². The number of aromatic amines is 2. The molecule has 1 atom stereocenters. The summed E-state index contributed by atoms with van der Waals surface area (Å²) in [4.78, 5) is 11.5. The molecule has 0 aromatic carbocycles. The number of ether oxygens (including phenoxy) is 1. The summed E-state index contributed by atoms with van der Waals surface area (Å²) < 4.78 is 5.55. The van der Waals surface area contributed by atoms with Crippen molar-refractivity contribution >= 4 is 11.8 Å². The number of aliphatic imine (C=N–C) groups is 1. The van der Waals surface area contributed by atoms with Gasteiger partial charge in [0.1, 0.15) is 11.5 Å². The summed E-state index contributed by atoms with van der Waals surface area (Å²) in [7, 11) is 1.70. The summed E-state index contributed by atoms with van der Waals surface area (Å²) in [6, 6.07) is 4.00. The number of rotatable bonds is 4. The maximum atomic E-state index is 5.55. The summed E-state index contributed by atoms with van der Waals surface area (Å²) >= 11 is 0. The molecule has 2 aromatic rings. The maximum absolute atomic E-state index is 5.55. The zero-order chi connectivity index (χ0) is 16.7. The molecule has 4 heteroatoms. The van der Waals surface area contributed by atoms with Crippen molar-refractivity contribution in [3.63, 3.8) is 0 Å². The van der Waals surface area contributed by atoms with Gasteiger partial charge in [-0.05, 0) is 61.4 Å². The molecular weight excluding hydrogens is 298 g/mol. The summed E-state index contributed by atoms with van der Waals surface area (Å²) in [5, 5.41) is 0. The molecule has 1 aliphatic heterocycles. The van der Waals surface area contributed by atoms with Crippen molar-refractivity contribution in [2.75, 3.05) is 7.11 Å². The van der Waals surface area contributed by atoms with Crippen molar-refractivity contribution in [3.05, 3.63) is 64.1 Å². The van der Waals surface area contributed by atoms with Gasteiger partial charge in [0.2, 0.25) is 0 Å². The highest BCUT2D eigenvalue weighted by Crippen LogP contribution is 2.40. The van der Waals surface area contributed by atoms with E-state index in [1.807, 2.05) is 24.4 Å². The fraction of sp³-hybridized carbons (Fsp3) is 0.350. The Labute approximate surface area is 142 Å². The van der Waals surface area contributed by atoms with Crippen molar-refractivity contribution in [3.8, 4) is 0 Å². The molecule has 0 saturated carbocycles. The van der Waals surface area contributed by atoms with Crippen LogP contribution in [0.5, 0.6) is 0 Å². The quantitative estimate of drug-likeness (QED) is 0.858. The summed E-state index contributed by atoms with van der Waals surface area (Å²) in [6.07, 6.45) is 9.67. The second-order valence-corrected chi connectivity index (χ2v) is 6.52. The van der Waals surface area contributed by atoms with Crippen molar-refractivity contribution in [1.29, 1.82) is 0 Å². The first-order chi connectivity index (χ1) is 11.7. The molecule has 2 aromatic heterocycles. The van der Waals surface area contributed by atoms with Crippen LogP contribution in [0.25, 0.3) is 6.08 Å². The van der Waals surface area contributed by atoms with Gasteiger partial charge in [0, 0.05) is 23.7 Å². The van der Waals surface area contributed by atoms with Crippen LogP contribution in [0.3, 0.4) is 0 Å². The molecule has 0 amide bonds. The van der Waals surface area contributed by atoms with Crippen LogP contribution in [-0.2, 0) is 11.2 Å². The van der Waals surface area contributed by atoms with E-state index in [2.05, 4.69) is 29.9 Å². The first-order valence-electron chi connectivity index (χ1n) is 8.62. The Morgan fingerprint density at radius 3 is 3.00 bits per heavy atom. The van der Waals surface area contributed by atoms with E-state index in [0.717, 1.165) is 22.9 Å². The third kappa shape index (κ3) is 2.33. The van der Waals surface area contributed by atoms with Gasteiger partial charge >= 0.3 is 0 Å². The van der Waals surface area contributed by atoms with E-state index < -0.39 is 0 Å². The number of allylic oxidation sites excluding steroid dienone is 1. The Bertz CT molecular complexity index is 850. The minimum atomic E-state index is 0.653. The first kappa shape index (κ1) is 15.1. The minimum absolute atomic E-state index is 0.653. The van der Waals surface area contributed by atoms with Crippen LogP contribution < -0.4 is 0 Å². The molecule has 1 unspecified atom stereocenters. The second kappa shape index (κ2) is 5.86. The van der Waals surface area contributed by atoms with Crippen LogP contribution in [0.4, 0.5) is 0 Å². The predicted octanol–water partition coefficient (Wildman–Crippen LogP) is 4.47. The molecule has 3 heterocycles. The zero-order valence-electron chi connectivity index (χ0n) is 14.4. The Morgan fingerprint density at radius 2 is 2.29 bits per heavy atom. The van der Waals surface area contributed by atoms with Crippen molar-refractivity contribution < 1.29 is 4.74 Å². The van der Waals surface area contributed by atoms with Crippen LogP contribution in [0.15, 0.2) is 40.9 Å². The lowest BCUT2D eigenvalue weighted by molar-refractivity contribution is 0.303. The molecule has 24 heavy (non-hydrogen) atoms. The number of nitrogens with one attached hydrogen (secondary N) is 2. The highest BCUT2D eigenvalue weighted by Gasteiger charge is 2.28. The van der Waals surface area contributed by atoms with Gasteiger partial charge in [0.15, 0.2) is 0 Å². The van der Waals surface area contributed by atoms with Gasteiger partial charge < -0.3 is 14.7 Å². The summed E-state index contributed by atoms with van der Waals surface area (Å²) in [5.41, 5.74) is 8.28. The molecule has 2 aliphatic rings. The Kier molecular flexibility index (Phi) is 3.68. The summed E-state index contributed by atoms with van der Waals surface area (Å²) in [6.45, 7) is 4.45. The largest absolute Gasteiger partial charge is 0.494 e. The molecular formula is C20H23N3O.